The molecule has 0 amide bonds. The number of aliphatic carboxylic acids is 1. The standard InChI is InChI=1S/C11H12ClNO4/c12-9(13)8(10(14)15)11(16)17-6-7-4-2-1-3-5-7/h1-5,8-9H,6,13H2,(H,14,15). The molecule has 2 unspecified atom stereocenters. The van der Waals surface area contributed by atoms with Crippen LogP contribution in [0.4, 0.5) is 0 Å². The number of hydrogen-bond donors (Lipinski definition) is 2. The number of ether oxygens (including phenoxy) is 1. The Morgan fingerprint density at radius 3 is 2.41 bits per heavy atom. The minimum atomic E-state index is -1.56. The summed E-state index contributed by atoms with van der Waals surface area (Å²) in [6, 6.07) is 8.89. The highest BCUT2D eigenvalue weighted by molar-refractivity contribution is 6.23. The van der Waals surface area contributed by atoms with E-state index in [9.17, 15) is 9.59 Å². The van der Waals surface area contributed by atoms with Crippen LogP contribution in [0.2, 0.25) is 0 Å². The summed E-state index contributed by atoms with van der Waals surface area (Å²) in [6.07, 6.45) is 0. The van der Waals surface area contributed by atoms with E-state index >= 15 is 0 Å². The van der Waals surface area contributed by atoms with Crippen LogP contribution in [0.25, 0.3) is 0 Å². The number of carboxylic acids is 1. The molecule has 0 bridgehead atoms. The van der Waals surface area contributed by atoms with E-state index in [0.29, 0.717) is 0 Å². The summed E-state index contributed by atoms with van der Waals surface area (Å²) in [5.41, 5.74) is 4.64. The maximum Gasteiger partial charge on any atom is 0.323 e. The molecule has 0 aliphatic heterocycles. The molecule has 2 atom stereocenters. The summed E-state index contributed by atoms with van der Waals surface area (Å²) in [5.74, 6) is -3.89. The van der Waals surface area contributed by atoms with Gasteiger partial charge in [-0.15, -0.1) is 11.6 Å². The van der Waals surface area contributed by atoms with E-state index in [1.165, 1.54) is 0 Å². The van der Waals surface area contributed by atoms with Gasteiger partial charge in [-0.1, -0.05) is 30.3 Å². The van der Waals surface area contributed by atoms with Gasteiger partial charge in [-0.3, -0.25) is 9.59 Å². The van der Waals surface area contributed by atoms with Crippen LogP contribution in [0.1, 0.15) is 5.56 Å². The molecule has 92 valence electrons. The monoisotopic (exact) mass is 257 g/mol. The van der Waals surface area contributed by atoms with Crippen molar-refractivity contribution in [1.29, 1.82) is 0 Å². The molecule has 0 saturated heterocycles. The maximum atomic E-state index is 11.4. The van der Waals surface area contributed by atoms with E-state index in [-0.39, 0.29) is 6.61 Å². The van der Waals surface area contributed by atoms with Crippen LogP contribution in [-0.2, 0) is 20.9 Å². The lowest BCUT2D eigenvalue weighted by molar-refractivity contribution is -0.159. The van der Waals surface area contributed by atoms with Gasteiger partial charge in [-0.05, 0) is 5.56 Å². The number of carbonyl (C=O) groups is 2. The third kappa shape index (κ3) is 4.05. The highest BCUT2D eigenvalue weighted by atomic mass is 35.5. The number of rotatable bonds is 5. The van der Waals surface area contributed by atoms with Gasteiger partial charge in [0.15, 0.2) is 5.92 Å². The van der Waals surface area contributed by atoms with Crippen LogP contribution in [0.5, 0.6) is 0 Å². The molecular formula is C11H12ClNO4. The Bertz CT molecular complexity index is 394. The van der Waals surface area contributed by atoms with E-state index in [2.05, 4.69) is 0 Å². The van der Waals surface area contributed by atoms with Crippen LogP contribution < -0.4 is 5.73 Å². The molecule has 3 N–H and O–H groups in total. The van der Waals surface area contributed by atoms with Crippen LogP contribution in [-0.4, -0.2) is 22.5 Å². The van der Waals surface area contributed by atoms with E-state index in [1.807, 2.05) is 6.07 Å². The van der Waals surface area contributed by atoms with Gasteiger partial charge >= 0.3 is 11.9 Å². The zero-order valence-corrected chi connectivity index (χ0v) is 9.63. The zero-order chi connectivity index (χ0) is 12.8. The lowest BCUT2D eigenvalue weighted by Crippen LogP contribution is -2.38. The molecule has 5 nitrogen and oxygen atoms in total. The molecule has 0 radical (unpaired) electrons. The van der Waals surface area contributed by atoms with E-state index in [0.717, 1.165) is 5.56 Å². The van der Waals surface area contributed by atoms with Gasteiger partial charge < -0.3 is 15.6 Å². The minimum absolute atomic E-state index is 0.00688. The second kappa shape index (κ2) is 6.22. The van der Waals surface area contributed by atoms with Crippen molar-refractivity contribution in [3.05, 3.63) is 35.9 Å². The molecule has 1 rings (SSSR count). The van der Waals surface area contributed by atoms with E-state index in [4.69, 9.17) is 27.2 Å². The molecule has 0 heterocycles. The minimum Gasteiger partial charge on any atom is -0.481 e. The molecule has 17 heavy (non-hydrogen) atoms. The highest BCUT2D eigenvalue weighted by Gasteiger charge is 2.33. The highest BCUT2D eigenvalue weighted by Crippen LogP contribution is 2.10. The van der Waals surface area contributed by atoms with Crippen molar-refractivity contribution in [3.8, 4) is 0 Å². The topological polar surface area (TPSA) is 89.6 Å². The molecule has 0 aliphatic carbocycles. The fourth-order valence-corrected chi connectivity index (χ4v) is 1.40. The average Bonchev–Trinajstić information content (AvgIpc) is 2.27. The zero-order valence-electron chi connectivity index (χ0n) is 8.88. The SMILES string of the molecule is NC(Cl)C(C(=O)O)C(=O)OCc1ccccc1. The molecule has 1 aromatic carbocycles. The van der Waals surface area contributed by atoms with Crippen molar-refractivity contribution in [2.75, 3.05) is 0 Å². The predicted molar refractivity (Wildman–Crippen MR) is 61.2 cm³/mol. The Balaban J connectivity index is 2.57. The van der Waals surface area contributed by atoms with Gasteiger partial charge in [-0.2, -0.15) is 0 Å². The number of halogens is 1. The van der Waals surface area contributed by atoms with Crippen molar-refractivity contribution in [1.82, 2.24) is 0 Å². The van der Waals surface area contributed by atoms with Gasteiger partial charge in [-0.25, -0.2) is 0 Å². The fourth-order valence-electron chi connectivity index (χ4n) is 1.19. The van der Waals surface area contributed by atoms with Crippen LogP contribution in [0, 0.1) is 5.92 Å². The number of carbonyl (C=O) groups excluding carboxylic acids is 1. The first-order valence-electron chi connectivity index (χ1n) is 4.85. The van der Waals surface area contributed by atoms with Crippen molar-refractivity contribution >= 4 is 23.5 Å². The fraction of sp³-hybridized carbons (Fsp3) is 0.273. The number of hydrogen-bond acceptors (Lipinski definition) is 4. The van der Waals surface area contributed by atoms with Crippen LogP contribution >= 0.6 is 11.6 Å². The normalized spacial score (nSPS) is 13.8. The number of carboxylic acid groups (broad SMARTS) is 1. The van der Waals surface area contributed by atoms with Crippen molar-refractivity contribution in [2.45, 2.75) is 12.1 Å². The summed E-state index contributed by atoms with van der Waals surface area (Å²) < 4.78 is 4.83. The Labute approximate surface area is 103 Å². The Morgan fingerprint density at radius 2 is 1.94 bits per heavy atom. The summed E-state index contributed by atoms with van der Waals surface area (Å²) in [6.45, 7) is -0.00688. The first kappa shape index (κ1) is 13.5. The molecule has 0 aliphatic rings. The lowest BCUT2D eigenvalue weighted by atomic mass is 10.1. The molecule has 0 aromatic heterocycles. The Kier molecular flexibility index (Phi) is 4.93. The smallest absolute Gasteiger partial charge is 0.323 e. The first-order valence-corrected chi connectivity index (χ1v) is 5.29. The molecule has 0 fully saturated rings. The molecule has 0 saturated carbocycles. The average molecular weight is 258 g/mol. The van der Waals surface area contributed by atoms with Gasteiger partial charge in [0.2, 0.25) is 0 Å². The summed E-state index contributed by atoms with van der Waals surface area (Å²) in [4.78, 5) is 22.2. The first-order chi connectivity index (χ1) is 8.02. The number of benzene rings is 1. The van der Waals surface area contributed by atoms with Crippen molar-refractivity contribution in [3.63, 3.8) is 0 Å². The van der Waals surface area contributed by atoms with Crippen LogP contribution in [0.15, 0.2) is 30.3 Å². The Morgan fingerprint density at radius 1 is 1.35 bits per heavy atom. The summed E-state index contributed by atoms with van der Waals surface area (Å²) >= 11 is 5.41. The number of alkyl halides is 1. The second-order valence-corrected chi connectivity index (χ2v) is 3.86. The van der Waals surface area contributed by atoms with Gasteiger partial charge in [0.1, 0.15) is 12.1 Å². The molecule has 1 aromatic rings. The van der Waals surface area contributed by atoms with Crippen LogP contribution in [0.3, 0.4) is 0 Å². The summed E-state index contributed by atoms with van der Waals surface area (Å²) in [7, 11) is 0. The lowest BCUT2D eigenvalue weighted by Gasteiger charge is -2.13. The molecular weight excluding hydrogens is 246 g/mol. The van der Waals surface area contributed by atoms with Crippen molar-refractivity contribution < 1.29 is 19.4 Å². The van der Waals surface area contributed by atoms with Crippen molar-refractivity contribution in [2.24, 2.45) is 11.7 Å². The van der Waals surface area contributed by atoms with Gasteiger partial charge in [0, 0.05) is 0 Å². The molecule has 0 spiro atoms. The van der Waals surface area contributed by atoms with E-state index < -0.39 is 23.4 Å². The predicted octanol–water partition coefficient (Wildman–Crippen LogP) is 0.954. The maximum absolute atomic E-state index is 11.4. The Hall–Kier alpha value is -1.59. The van der Waals surface area contributed by atoms with Gasteiger partial charge in [0.05, 0.1) is 0 Å². The van der Waals surface area contributed by atoms with Gasteiger partial charge in [0.25, 0.3) is 0 Å². The number of esters is 1. The largest absolute Gasteiger partial charge is 0.481 e. The third-order valence-corrected chi connectivity index (χ3v) is 2.31. The quantitative estimate of drug-likeness (QED) is 0.355. The summed E-state index contributed by atoms with van der Waals surface area (Å²) in [5, 5.41) is 8.75. The van der Waals surface area contributed by atoms with E-state index in [1.54, 1.807) is 24.3 Å². The molecule has 6 heteroatoms. The third-order valence-electron chi connectivity index (χ3n) is 2.06. The number of nitrogens with two attached hydrogens (primary N) is 1. The second-order valence-electron chi connectivity index (χ2n) is 3.35.